The number of halogens is 1. The van der Waals surface area contributed by atoms with Gasteiger partial charge in [0.25, 0.3) is 0 Å². The Morgan fingerprint density at radius 3 is 3.00 bits per heavy atom. The molecule has 13 heavy (non-hydrogen) atoms. The summed E-state index contributed by atoms with van der Waals surface area (Å²) in [6, 6.07) is 1.77. The standard InChI is InChI=1S/C8H11BrN4/c1-2-12-8-6(7(10)11)3-5(9)4-13-8/h3-4H,2H2,1H3,(H3,10,11)(H,12,13). The van der Waals surface area contributed by atoms with Crippen molar-refractivity contribution in [1.82, 2.24) is 4.98 Å². The molecule has 0 aliphatic heterocycles. The predicted molar refractivity (Wildman–Crippen MR) is 57.1 cm³/mol. The number of amidine groups is 1. The Morgan fingerprint density at radius 1 is 1.77 bits per heavy atom. The molecule has 0 amide bonds. The van der Waals surface area contributed by atoms with Gasteiger partial charge in [-0.25, -0.2) is 4.98 Å². The minimum Gasteiger partial charge on any atom is -0.384 e. The van der Waals surface area contributed by atoms with E-state index < -0.39 is 0 Å². The summed E-state index contributed by atoms with van der Waals surface area (Å²) in [5.74, 6) is 0.669. The number of rotatable bonds is 3. The summed E-state index contributed by atoms with van der Waals surface area (Å²) in [4.78, 5) is 4.11. The zero-order valence-electron chi connectivity index (χ0n) is 7.26. The Labute approximate surface area is 85.2 Å². The number of anilines is 1. The van der Waals surface area contributed by atoms with Crippen LogP contribution in [0.4, 0.5) is 5.82 Å². The Bertz CT molecular complexity index is 324. The van der Waals surface area contributed by atoms with Crippen LogP contribution in [0.25, 0.3) is 0 Å². The van der Waals surface area contributed by atoms with Gasteiger partial charge in [0.2, 0.25) is 0 Å². The maximum absolute atomic E-state index is 7.33. The Hall–Kier alpha value is -1.10. The lowest BCUT2D eigenvalue weighted by molar-refractivity contribution is 1.15. The minimum absolute atomic E-state index is 0.0183. The number of nitrogens with zero attached hydrogens (tertiary/aromatic N) is 1. The molecular weight excluding hydrogens is 232 g/mol. The number of pyridine rings is 1. The van der Waals surface area contributed by atoms with Gasteiger partial charge in [-0.05, 0) is 28.9 Å². The molecule has 1 heterocycles. The highest BCUT2D eigenvalue weighted by atomic mass is 79.9. The third-order valence-electron chi connectivity index (χ3n) is 1.49. The quantitative estimate of drug-likeness (QED) is 0.557. The molecule has 0 atom stereocenters. The van der Waals surface area contributed by atoms with Gasteiger partial charge in [0.15, 0.2) is 0 Å². The highest BCUT2D eigenvalue weighted by molar-refractivity contribution is 9.10. The first-order chi connectivity index (χ1) is 6.15. The van der Waals surface area contributed by atoms with Gasteiger partial charge in [-0.3, -0.25) is 5.41 Å². The largest absolute Gasteiger partial charge is 0.384 e. The molecule has 0 aliphatic rings. The van der Waals surface area contributed by atoms with Crippen molar-refractivity contribution >= 4 is 27.6 Å². The molecular formula is C8H11BrN4. The van der Waals surface area contributed by atoms with E-state index in [0.29, 0.717) is 11.4 Å². The minimum atomic E-state index is 0.0183. The van der Waals surface area contributed by atoms with Crippen molar-refractivity contribution < 1.29 is 0 Å². The monoisotopic (exact) mass is 242 g/mol. The van der Waals surface area contributed by atoms with Gasteiger partial charge in [0.05, 0.1) is 5.56 Å². The lowest BCUT2D eigenvalue weighted by Crippen LogP contribution is -2.15. The first kappa shape index (κ1) is 9.98. The first-order valence-electron chi connectivity index (χ1n) is 3.89. The lowest BCUT2D eigenvalue weighted by atomic mass is 10.2. The van der Waals surface area contributed by atoms with Gasteiger partial charge in [0, 0.05) is 17.2 Å². The van der Waals surface area contributed by atoms with Crippen LogP contribution in [0.1, 0.15) is 12.5 Å². The number of hydrogen-bond acceptors (Lipinski definition) is 3. The second-order valence-electron chi connectivity index (χ2n) is 2.49. The van der Waals surface area contributed by atoms with E-state index in [1.807, 2.05) is 6.92 Å². The molecule has 0 bridgehead atoms. The summed E-state index contributed by atoms with van der Waals surface area (Å²) in [6.45, 7) is 2.72. The smallest absolute Gasteiger partial charge is 0.136 e. The maximum Gasteiger partial charge on any atom is 0.136 e. The predicted octanol–water partition coefficient (Wildman–Crippen LogP) is 1.56. The Balaban J connectivity index is 3.10. The van der Waals surface area contributed by atoms with Gasteiger partial charge in [-0.1, -0.05) is 0 Å². The molecule has 70 valence electrons. The van der Waals surface area contributed by atoms with Gasteiger partial charge in [0.1, 0.15) is 11.7 Å². The topological polar surface area (TPSA) is 74.8 Å². The molecule has 1 aromatic heterocycles. The lowest BCUT2D eigenvalue weighted by Gasteiger charge is -2.07. The van der Waals surface area contributed by atoms with E-state index in [1.165, 1.54) is 0 Å². The fourth-order valence-corrected chi connectivity index (χ4v) is 1.28. The van der Waals surface area contributed by atoms with E-state index in [-0.39, 0.29) is 5.84 Å². The molecule has 5 heteroatoms. The second kappa shape index (κ2) is 4.23. The summed E-state index contributed by atoms with van der Waals surface area (Å²) in [5, 5.41) is 10.4. The van der Waals surface area contributed by atoms with Crippen LogP contribution in [0, 0.1) is 5.41 Å². The zero-order chi connectivity index (χ0) is 9.84. The molecule has 0 radical (unpaired) electrons. The molecule has 0 saturated heterocycles. The van der Waals surface area contributed by atoms with Crippen LogP contribution in [0.3, 0.4) is 0 Å². The summed E-state index contributed by atoms with van der Waals surface area (Å²) in [6.07, 6.45) is 1.67. The SMILES string of the molecule is CCNc1ncc(Br)cc1C(=N)N. The fourth-order valence-electron chi connectivity index (χ4n) is 0.953. The molecule has 0 unspecified atom stereocenters. The van der Waals surface area contributed by atoms with Crippen LogP contribution in [-0.4, -0.2) is 17.4 Å². The van der Waals surface area contributed by atoms with Crippen molar-refractivity contribution in [3.63, 3.8) is 0 Å². The zero-order valence-corrected chi connectivity index (χ0v) is 8.85. The van der Waals surface area contributed by atoms with E-state index in [0.717, 1.165) is 11.0 Å². The van der Waals surface area contributed by atoms with Crippen molar-refractivity contribution in [2.75, 3.05) is 11.9 Å². The Morgan fingerprint density at radius 2 is 2.46 bits per heavy atom. The normalized spacial score (nSPS) is 9.69. The fraction of sp³-hybridized carbons (Fsp3) is 0.250. The van der Waals surface area contributed by atoms with Crippen molar-refractivity contribution in [3.8, 4) is 0 Å². The second-order valence-corrected chi connectivity index (χ2v) is 3.41. The molecule has 0 aromatic carbocycles. The van der Waals surface area contributed by atoms with Crippen molar-refractivity contribution in [2.45, 2.75) is 6.92 Å². The van der Waals surface area contributed by atoms with Gasteiger partial charge in [-0.2, -0.15) is 0 Å². The highest BCUT2D eigenvalue weighted by Crippen LogP contribution is 2.16. The number of nitrogen functional groups attached to an aromatic ring is 1. The molecule has 1 rings (SSSR count). The van der Waals surface area contributed by atoms with Crippen LogP contribution in [0.5, 0.6) is 0 Å². The number of aromatic nitrogens is 1. The number of hydrogen-bond donors (Lipinski definition) is 3. The molecule has 0 aliphatic carbocycles. The van der Waals surface area contributed by atoms with Crippen LogP contribution in [0.15, 0.2) is 16.7 Å². The van der Waals surface area contributed by atoms with E-state index in [2.05, 4.69) is 26.2 Å². The van der Waals surface area contributed by atoms with Crippen LogP contribution >= 0.6 is 15.9 Å². The van der Waals surface area contributed by atoms with Crippen molar-refractivity contribution in [2.24, 2.45) is 5.73 Å². The van der Waals surface area contributed by atoms with Gasteiger partial charge in [-0.15, -0.1) is 0 Å². The van der Waals surface area contributed by atoms with Crippen molar-refractivity contribution in [3.05, 3.63) is 22.3 Å². The van der Waals surface area contributed by atoms with Crippen molar-refractivity contribution in [1.29, 1.82) is 5.41 Å². The molecule has 0 fully saturated rings. The third kappa shape index (κ3) is 2.42. The molecule has 0 spiro atoms. The first-order valence-corrected chi connectivity index (χ1v) is 4.68. The van der Waals surface area contributed by atoms with Crippen LogP contribution in [-0.2, 0) is 0 Å². The third-order valence-corrected chi connectivity index (χ3v) is 1.92. The van der Waals surface area contributed by atoms with E-state index >= 15 is 0 Å². The number of nitrogens with two attached hydrogens (primary N) is 1. The summed E-state index contributed by atoms with van der Waals surface area (Å²) >= 11 is 3.27. The molecule has 4 N–H and O–H groups in total. The van der Waals surface area contributed by atoms with E-state index in [9.17, 15) is 0 Å². The number of nitrogens with one attached hydrogen (secondary N) is 2. The average molecular weight is 243 g/mol. The summed E-state index contributed by atoms with van der Waals surface area (Å²) in [7, 11) is 0. The van der Waals surface area contributed by atoms with Gasteiger partial charge < -0.3 is 11.1 Å². The Kier molecular flexibility index (Phi) is 3.25. The van der Waals surface area contributed by atoms with Crippen LogP contribution < -0.4 is 11.1 Å². The van der Waals surface area contributed by atoms with Crippen LogP contribution in [0.2, 0.25) is 0 Å². The molecule has 1 aromatic rings. The summed E-state index contributed by atoms with van der Waals surface area (Å²) < 4.78 is 0.819. The summed E-state index contributed by atoms with van der Waals surface area (Å²) in [5.41, 5.74) is 6.02. The maximum atomic E-state index is 7.33. The van der Waals surface area contributed by atoms with Gasteiger partial charge >= 0.3 is 0 Å². The van der Waals surface area contributed by atoms with E-state index in [1.54, 1.807) is 12.3 Å². The highest BCUT2D eigenvalue weighted by Gasteiger charge is 2.05. The van der Waals surface area contributed by atoms with E-state index in [4.69, 9.17) is 11.1 Å². The molecule has 0 saturated carbocycles. The average Bonchev–Trinajstić information content (AvgIpc) is 2.08. The molecule has 4 nitrogen and oxygen atoms in total.